The van der Waals surface area contributed by atoms with Crippen molar-refractivity contribution < 1.29 is 9.47 Å². The summed E-state index contributed by atoms with van der Waals surface area (Å²) in [6.45, 7) is 0. The minimum Gasteiger partial charge on any atom is -0.456 e. The molecule has 0 aliphatic rings. The van der Waals surface area contributed by atoms with Gasteiger partial charge < -0.3 is 20.9 Å². The minimum atomic E-state index is 0.380. The Morgan fingerprint density at radius 2 is 0.906 bits per heavy atom. The van der Waals surface area contributed by atoms with Gasteiger partial charge in [-0.2, -0.15) is 10.5 Å². The maximum Gasteiger partial charge on any atom is 0.145 e. The molecule has 4 rings (SSSR count). The first kappa shape index (κ1) is 20.3. The fourth-order valence-electron chi connectivity index (χ4n) is 3.13. The van der Waals surface area contributed by atoms with Crippen LogP contribution in [0.4, 0.5) is 11.4 Å². The molecule has 0 saturated heterocycles. The Morgan fingerprint density at radius 3 is 1.25 bits per heavy atom. The smallest absolute Gasteiger partial charge is 0.145 e. The van der Waals surface area contributed by atoms with E-state index in [1.807, 2.05) is 48.5 Å². The summed E-state index contributed by atoms with van der Waals surface area (Å²) in [5.74, 6) is 2.13. The van der Waals surface area contributed by atoms with Crippen molar-refractivity contribution in [2.45, 2.75) is 0 Å². The highest BCUT2D eigenvalue weighted by Crippen LogP contribution is 2.31. The van der Waals surface area contributed by atoms with E-state index in [-0.39, 0.29) is 0 Å². The first-order valence-electron chi connectivity index (χ1n) is 9.71. The normalized spacial score (nSPS) is 10.1. The van der Waals surface area contributed by atoms with Crippen molar-refractivity contribution in [3.63, 3.8) is 0 Å². The zero-order valence-electron chi connectivity index (χ0n) is 16.9. The summed E-state index contributed by atoms with van der Waals surface area (Å²) < 4.78 is 11.7. The average molecular weight is 418 g/mol. The summed E-state index contributed by atoms with van der Waals surface area (Å²) in [7, 11) is 0. The molecule has 6 nitrogen and oxygen atoms in total. The van der Waals surface area contributed by atoms with E-state index >= 15 is 0 Å². The number of nitrogens with two attached hydrogens (primary N) is 2. The quantitative estimate of drug-likeness (QED) is 0.393. The van der Waals surface area contributed by atoms with E-state index < -0.39 is 0 Å². The number of hydrogen-bond acceptors (Lipinski definition) is 6. The van der Waals surface area contributed by atoms with Crippen LogP contribution >= 0.6 is 0 Å². The molecule has 32 heavy (non-hydrogen) atoms. The van der Waals surface area contributed by atoms with Gasteiger partial charge in [-0.15, -0.1) is 0 Å². The summed E-state index contributed by atoms with van der Waals surface area (Å²) in [4.78, 5) is 0. The van der Waals surface area contributed by atoms with Gasteiger partial charge in [-0.05, 0) is 71.8 Å². The minimum absolute atomic E-state index is 0.380. The molecular formula is C26H18N4O2. The molecule has 4 aromatic carbocycles. The fourth-order valence-corrected chi connectivity index (χ4v) is 3.13. The zero-order valence-corrected chi connectivity index (χ0v) is 16.9. The van der Waals surface area contributed by atoms with E-state index in [4.69, 9.17) is 20.9 Å². The Kier molecular flexibility index (Phi) is 5.61. The standard InChI is InChI=1S/C26H18N4O2/c27-15-19-13-21(29)5-11-25(19)31-23-7-1-17(2-8-23)18-3-9-24(10-4-18)32-26-12-6-22(30)14-20(26)16-28/h1-14H,29-30H2. The van der Waals surface area contributed by atoms with E-state index in [0.29, 0.717) is 45.5 Å². The van der Waals surface area contributed by atoms with Gasteiger partial charge in [0.25, 0.3) is 0 Å². The monoisotopic (exact) mass is 418 g/mol. The van der Waals surface area contributed by atoms with Crippen LogP contribution in [-0.2, 0) is 0 Å². The molecule has 0 aliphatic heterocycles. The first-order chi connectivity index (χ1) is 15.6. The molecule has 4 N–H and O–H groups in total. The number of nitrogen functional groups attached to an aromatic ring is 2. The molecule has 0 fully saturated rings. The fraction of sp³-hybridized carbons (Fsp3) is 0. The highest BCUT2D eigenvalue weighted by Gasteiger charge is 2.08. The van der Waals surface area contributed by atoms with Crippen molar-refractivity contribution in [1.82, 2.24) is 0 Å². The summed E-state index contributed by atoms with van der Waals surface area (Å²) in [6, 6.07) is 29.2. The van der Waals surface area contributed by atoms with Gasteiger partial charge in [0.05, 0.1) is 11.1 Å². The highest BCUT2D eigenvalue weighted by atomic mass is 16.5. The van der Waals surface area contributed by atoms with Crippen LogP contribution < -0.4 is 20.9 Å². The lowest BCUT2D eigenvalue weighted by Gasteiger charge is -2.10. The Morgan fingerprint density at radius 1 is 0.531 bits per heavy atom. The van der Waals surface area contributed by atoms with Crippen LogP contribution in [0.15, 0.2) is 84.9 Å². The van der Waals surface area contributed by atoms with Crippen LogP contribution in [0.25, 0.3) is 11.1 Å². The molecule has 4 aromatic rings. The lowest BCUT2D eigenvalue weighted by atomic mass is 10.1. The summed E-state index contributed by atoms with van der Waals surface area (Å²) in [6.07, 6.45) is 0. The van der Waals surface area contributed by atoms with Crippen molar-refractivity contribution in [3.8, 4) is 46.3 Å². The Bertz CT molecular complexity index is 1240. The van der Waals surface area contributed by atoms with Gasteiger partial charge >= 0.3 is 0 Å². The average Bonchev–Trinajstić information content (AvgIpc) is 2.82. The molecule has 0 unspecified atom stereocenters. The van der Waals surface area contributed by atoms with Crippen molar-refractivity contribution >= 4 is 11.4 Å². The number of nitriles is 2. The third-order valence-electron chi connectivity index (χ3n) is 4.75. The summed E-state index contributed by atoms with van der Waals surface area (Å²) in [5.41, 5.74) is 15.2. The molecule has 0 aromatic heterocycles. The number of nitrogens with zero attached hydrogens (tertiary/aromatic N) is 2. The van der Waals surface area contributed by atoms with Crippen molar-refractivity contribution in [1.29, 1.82) is 10.5 Å². The van der Waals surface area contributed by atoms with Crippen molar-refractivity contribution in [2.24, 2.45) is 0 Å². The second-order valence-electron chi connectivity index (χ2n) is 6.99. The molecule has 0 spiro atoms. The highest BCUT2D eigenvalue weighted by molar-refractivity contribution is 5.65. The van der Waals surface area contributed by atoms with E-state index in [1.165, 1.54) is 0 Å². The molecule has 6 heteroatoms. The SMILES string of the molecule is N#Cc1cc(N)ccc1Oc1ccc(-c2ccc(Oc3ccc(N)cc3C#N)cc2)cc1. The third-order valence-corrected chi connectivity index (χ3v) is 4.75. The summed E-state index contributed by atoms with van der Waals surface area (Å²) in [5, 5.41) is 18.5. The largest absolute Gasteiger partial charge is 0.456 e. The molecule has 0 atom stereocenters. The van der Waals surface area contributed by atoms with Gasteiger partial charge in [0.2, 0.25) is 0 Å². The van der Waals surface area contributed by atoms with Crippen molar-refractivity contribution in [2.75, 3.05) is 11.5 Å². The van der Waals surface area contributed by atoms with Gasteiger partial charge in [0, 0.05) is 11.4 Å². The van der Waals surface area contributed by atoms with Gasteiger partial charge in [-0.25, -0.2) is 0 Å². The third kappa shape index (κ3) is 4.46. The molecule has 0 heterocycles. The van der Waals surface area contributed by atoms with E-state index in [2.05, 4.69) is 12.1 Å². The van der Waals surface area contributed by atoms with Gasteiger partial charge in [0.1, 0.15) is 35.1 Å². The van der Waals surface area contributed by atoms with Crippen molar-refractivity contribution in [3.05, 3.63) is 96.1 Å². The molecule has 0 saturated carbocycles. The van der Waals surface area contributed by atoms with E-state index in [1.54, 1.807) is 36.4 Å². The van der Waals surface area contributed by atoms with Crippen LogP contribution in [-0.4, -0.2) is 0 Å². The van der Waals surface area contributed by atoms with Crippen LogP contribution in [0.5, 0.6) is 23.0 Å². The number of hydrogen-bond donors (Lipinski definition) is 2. The molecule has 154 valence electrons. The van der Waals surface area contributed by atoms with Gasteiger partial charge in [-0.3, -0.25) is 0 Å². The van der Waals surface area contributed by atoms with Crippen LogP contribution in [0, 0.1) is 22.7 Å². The predicted octanol–water partition coefficient (Wildman–Crippen LogP) is 5.85. The Hall–Kier alpha value is -4.94. The van der Waals surface area contributed by atoms with Gasteiger partial charge in [-0.1, -0.05) is 24.3 Å². The Balaban J connectivity index is 1.48. The van der Waals surface area contributed by atoms with E-state index in [9.17, 15) is 10.5 Å². The number of rotatable bonds is 5. The molecule has 0 bridgehead atoms. The Labute approximate surface area is 185 Å². The number of benzene rings is 4. The second kappa shape index (κ2) is 8.83. The predicted molar refractivity (Wildman–Crippen MR) is 123 cm³/mol. The zero-order chi connectivity index (χ0) is 22.5. The van der Waals surface area contributed by atoms with Crippen LogP contribution in [0.2, 0.25) is 0 Å². The van der Waals surface area contributed by atoms with Crippen LogP contribution in [0.1, 0.15) is 11.1 Å². The number of ether oxygens (including phenoxy) is 2. The van der Waals surface area contributed by atoms with Gasteiger partial charge in [0.15, 0.2) is 0 Å². The second-order valence-corrected chi connectivity index (χ2v) is 6.99. The lowest BCUT2D eigenvalue weighted by Crippen LogP contribution is -1.92. The molecule has 0 amide bonds. The summed E-state index contributed by atoms with van der Waals surface area (Å²) >= 11 is 0. The first-order valence-corrected chi connectivity index (χ1v) is 9.71. The topological polar surface area (TPSA) is 118 Å². The molecular weight excluding hydrogens is 400 g/mol. The number of anilines is 2. The molecule has 0 aliphatic carbocycles. The molecule has 0 radical (unpaired) electrons. The maximum atomic E-state index is 9.25. The maximum absolute atomic E-state index is 9.25. The lowest BCUT2D eigenvalue weighted by molar-refractivity contribution is 0.481. The van der Waals surface area contributed by atoms with Crippen LogP contribution in [0.3, 0.4) is 0 Å². The van der Waals surface area contributed by atoms with E-state index in [0.717, 1.165) is 11.1 Å².